The number of benzene rings is 2. The number of allylic oxidation sites excluding steroid dienone is 1. The summed E-state index contributed by atoms with van der Waals surface area (Å²) in [5.74, 6) is 0.158. The van der Waals surface area contributed by atoms with Crippen molar-refractivity contribution >= 4 is 12.0 Å². The summed E-state index contributed by atoms with van der Waals surface area (Å²) in [5, 5.41) is 2.89. The number of hydrogen-bond donors (Lipinski definition) is 1. The van der Waals surface area contributed by atoms with Crippen molar-refractivity contribution in [1.29, 1.82) is 0 Å². The summed E-state index contributed by atoms with van der Waals surface area (Å²) in [4.78, 5) is 26.4. The van der Waals surface area contributed by atoms with Gasteiger partial charge in [0.2, 0.25) is 0 Å². The van der Waals surface area contributed by atoms with E-state index < -0.39 is 12.0 Å². The molecule has 0 aromatic heterocycles. The SMILES string of the molecule is CCOC(=O)C1=C(C)N(C)C(=O)NC1c1ccccc1OCc1ccccc1. The first-order chi connectivity index (χ1) is 13.5. The molecule has 2 aromatic rings. The van der Waals surface area contributed by atoms with Crippen molar-refractivity contribution in [2.45, 2.75) is 26.5 Å². The number of carbonyl (C=O) groups excluding carboxylic acids is 2. The van der Waals surface area contributed by atoms with Gasteiger partial charge in [-0.15, -0.1) is 0 Å². The standard InChI is InChI=1S/C22H24N2O4/c1-4-27-21(25)19-15(2)24(3)22(26)23-20(19)17-12-8-9-13-18(17)28-14-16-10-6-5-7-11-16/h5-13,20H,4,14H2,1-3H3,(H,23,26). The van der Waals surface area contributed by atoms with Crippen molar-refractivity contribution in [1.82, 2.24) is 10.2 Å². The Kier molecular flexibility index (Phi) is 5.99. The van der Waals surface area contributed by atoms with Gasteiger partial charge in [0.05, 0.1) is 18.2 Å². The summed E-state index contributed by atoms with van der Waals surface area (Å²) in [5.41, 5.74) is 2.70. The molecule has 2 amide bonds. The predicted molar refractivity (Wildman–Crippen MR) is 106 cm³/mol. The highest BCUT2D eigenvalue weighted by atomic mass is 16.5. The van der Waals surface area contributed by atoms with Crippen LogP contribution in [-0.4, -0.2) is 30.6 Å². The molecule has 1 heterocycles. The summed E-state index contributed by atoms with van der Waals surface area (Å²) in [6.45, 7) is 4.14. The Morgan fingerprint density at radius 2 is 1.79 bits per heavy atom. The molecule has 0 saturated heterocycles. The van der Waals surface area contributed by atoms with E-state index in [1.54, 1.807) is 20.9 Å². The molecule has 1 aliphatic rings. The second-order valence-corrected chi connectivity index (χ2v) is 6.47. The summed E-state index contributed by atoms with van der Waals surface area (Å²) >= 11 is 0. The number of nitrogens with one attached hydrogen (secondary N) is 1. The molecule has 1 aliphatic heterocycles. The van der Waals surface area contributed by atoms with Crippen LogP contribution in [0.5, 0.6) is 5.75 Å². The van der Waals surface area contributed by atoms with Crippen LogP contribution in [-0.2, 0) is 16.1 Å². The van der Waals surface area contributed by atoms with Gasteiger partial charge in [0.1, 0.15) is 12.4 Å². The molecule has 6 heteroatoms. The van der Waals surface area contributed by atoms with Gasteiger partial charge < -0.3 is 19.7 Å². The molecule has 0 saturated carbocycles. The molecule has 146 valence electrons. The average molecular weight is 380 g/mol. The monoisotopic (exact) mass is 380 g/mol. The van der Waals surface area contributed by atoms with Crippen LogP contribution in [0.1, 0.15) is 31.0 Å². The number of nitrogens with zero attached hydrogens (tertiary/aromatic N) is 1. The highest BCUT2D eigenvalue weighted by molar-refractivity contribution is 5.95. The molecule has 0 fully saturated rings. The van der Waals surface area contributed by atoms with Crippen molar-refractivity contribution in [3.05, 3.63) is 77.0 Å². The molecule has 0 bridgehead atoms. The predicted octanol–water partition coefficient (Wildman–Crippen LogP) is 3.80. The largest absolute Gasteiger partial charge is 0.489 e. The van der Waals surface area contributed by atoms with Crippen molar-refractivity contribution in [3.8, 4) is 5.75 Å². The molecule has 28 heavy (non-hydrogen) atoms. The Morgan fingerprint density at radius 3 is 2.50 bits per heavy atom. The van der Waals surface area contributed by atoms with E-state index in [9.17, 15) is 9.59 Å². The van der Waals surface area contributed by atoms with E-state index in [2.05, 4.69) is 5.32 Å². The van der Waals surface area contributed by atoms with Crippen LogP contribution in [0.25, 0.3) is 0 Å². The van der Waals surface area contributed by atoms with E-state index in [4.69, 9.17) is 9.47 Å². The number of carbonyl (C=O) groups is 2. The second-order valence-electron chi connectivity index (χ2n) is 6.47. The van der Waals surface area contributed by atoms with Crippen LogP contribution >= 0.6 is 0 Å². The zero-order valence-electron chi connectivity index (χ0n) is 16.3. The van der Waals surface area contributed by atoms with Gasteiger partial charge in [-0.25, -0.2) is 9.59 Å². The molecule has 0 aliphatic carbocycles. The quantitative estimate of drug-likeness (QED) is 0.774. The highest BCUT2D eigenvalue weighted by Gasteiger charge is 2.36. The third-order valence-electron chi connectivity index (χ3n) is 4.72. The average Bonchev–Trinajstić information content (AvgIpc) is 2.71. The van der Waals surface area contributed by atoms with Gasteiger partial charge in [-0.05, 0) is 25.5 Å². The topological polar surface area (TPSA) is 67.9 Å². The third-order valence-corrected chi connectivity index (χ3v) is 4.72. The van der Waals surface area contributed by atoms with Gasteiger partial charge in [0.25, 0.3) is 0 Å². The van der Waals surface area contributed by atoms with E-state index in [0.29, 0.717) is 29.2 Å². The van der Waals surface area contributed by atoms with Crippen LogP contribution < -0.4 is 10.1 Å². The minimum Gasteiger partial charge on any atom is -0.489 e. The van der Waals surface area contributed by atoms with E-state index in [1.807, 2.05) is 54.6 Å². The van der Waals surface area contributed by atoms with E-state index in [1.165, 1.54) is 4.90 Å². The summed E-state index contributed by atoms with van der Waals surface area (Å²) in [7, 11) is 1.62. The lowest BCUT2D eigenvalue weighted by Crippen LogP contribution is -2.46. The fraction of sp³-hybridized carbons (Fsp3) is 0.273. The maximum absolute atomic E-state index is 12.6. The number of amides is 2. The normalized spacial score (nSPS) is 16.6. The Labute approximate surface area is 164 Å². The number of hydrogen-bond acceptors (Lipinski definition) is 4. The molecular formula is C22H24N2O4. The summed E-state index contributed by atoms with van der Waals surface area (Å²) < 4.78 is 11.3. The first-order valence-electron chi connectivity index (χ1n) is 9.20. The van der Waals surface area contributed by atoms with E-state index >= 15 is 0 Å². The lowest BCUT2D eigenvalue weighted by Gasteiger charge is -2.33. The molecule has 1 atom stereocenters. The number of esters is 1. The smallest absolute Gasteiger partial charge is 0.338 e. The van der Waals surface area contributed by atoms with Crippen LogP contribution in [0.3, 0.4) is 0 Å². The Hall–Kier alpha value is -3.28. The summed E-state index contributed by atoms with van der Waals surface area (Å²) in [6, 6.07) is 16.3. The lowest BCUT2D eigenvalue weighted by atomic mass is 9.94. The van der Waals surface area contributed by atoms with Crippen LogP contribution in [0.2, 0.25) is 0 Å². The maximum Gasteiger partial charge on any atom is 0.338 e. The van der Waals surface area contributed by atoms with Crippen LogP contribution in [0.15, 0.2) is 65.9 Å². The molecule has 1 unspecified atom stereocenters. The molecule has 3 rings (SSSR count). The van der Waals surface area contributed by atoms with E-state index in [0.717, 1.165) is 5.56 Å². The first kappa shape index (κ1) is 19.5. The number of para-hydroxylation sites is 1. The van der Waals surface area contributed by atoms with Crippen LogP contribution in [0.4, 0.5) is 4.79 Å². The lowest BCUT2D eigenvalue weighted by molar-refractivity contribution is -0.139. The van der Waals surface area contributed by atoms with Gasteiger partial charge in [0.15, 0.2) is 0 Å². The molecule has 0 spiro atoms. The number of urea groups is 1. The zero-order chi connectivity index (χ0) is 20.1. The Morgan fingerprint density at radius 1 is 1.11 bits per heavy atom. The minimum absolute atomic E-state index is 0.256. The first-order valence-corrected chi connectivity index (χ1v) is 9.20. The van der Waals surface area contributed by atoms with Crippen molar-refractivity contribution < 1.29 is 19.1 Å². The third kappa shape index (κ3) is 4.01. The van der Waals surface area contributed by atoms with Gasteiger partial charge >= 0.3 is 12.0 Å². The fourth-order valence-electron chi connectivity index (χ4n) is 3.13. The molecule has 6 nitrogen and oxygen atoms in total. The van der Waals surface area contributed by atoms with Crippen molar-refractivity contribution in [2.75, 3.05) is 13.7 Å². The van der Waals surface area contributed by atoms with Crippen LogP contribution in [0, 0.1) is 0 Å². The Balaban J connectivity index is 1.96. The van der Waals surface area contributed by atoms with Gasteiger partial charge in [-0.3, -0.25) is 0 Å². The van der Waals surface area contributed by atoms with Crippen molar-refractivity contribution in [3.63, 3.8) is 0 Å². The second kappa shape index (κ2) is 8.61. The minimum atomic E-state index is -0.644. The maximum atomic E-state index is 12.6. The molecular weight excluding hydrogens is 356 g/mol. The van der Waals surface area contributed by atoms with Gasteiger partial charge in [0, 0.05) is 18.3 Å². The zero-order valence-corrected chi connectivity index (χ0v) is 16.3. The molecule has 0 radical (unpaired) electrons. The number of ether oxygens (including phenoxy) is 2. The van der Waals surface area contributed by atoms with Gasteiger partial charge in [-0.2, -0.15) is 0 Å². The molecule has 1 N–H and O–H groups in total. The highest BCUT2D eigenvalue weighted by Crippen LogP contribution is 2.35. The Bertz CT molecular complexity index is 892. The summed E-state index contributed by atoms with van der Waals surface area (Å²) in [6.07, 6.45) is 0. The van der Waals surface area contributed by atoms with E-state index in [-0.39, 0.29) is 12.6 Å². The number of rotatable bonds is 6. The fourth-order valence-corrected chi connectivity index (χ4v) is 3.13. The van der Waals surface area contributed by atoms with Gasteiger partial charge in [-0.1, -0.05) is 48.5 Å². The molecule has 2 aromatic carbocycles. The van der Waals surface area contributed by atoms with Crippen molar-refractivity contribution in [2.24, 2.45) is 0 Å².